The first-order valence-electron chi connectivity index (χ1n) is 7.84. The molecule has 0 aromatic heterocycles. The number of primary amides is 1. The third-order valence-electron chi connectivity index (χ3n) is 5.01. The van der Waals surface area contributed by atoms with Crippen molar-refractivity contribution in [1.29, 1.82) is 0 Å². The molecule has 21 heavy (non-hydrogen) atoms. The van der Waals surface area contributed by atoms with E-state index in [-0.39, 0.29) is 23.5 Å². The summed E-state index contributed by atoms with van der Waals surface area (Å²) < 4.78 is 23.4. The highest BCUT2D eigenvalue weighted by Gasteiger charge is 2.53. The van der Waals surface area contributed by atoms with E-state index in [0.29, 0.717) is 25.0 Å². The maximum Gasteiger partial charge on any atom is 0.239 e. The second-order valence-corrected chi connectivity index (χ2v) is 9.19. The third kappa shape index (κ3) is 3.24. The van der Waals surface area contributed by atoms with E-state index in [1.165, 1.54) is 0 Å². The fourth-order valence-corrected chi connectivity index (χ4v) is 5.02. The van der Waals surface area contributed by atoms with Gasteiger partial charge in [0.2, 0.25) is 5.91 Å². The monoisotopic (exact) mass is 315 g/mol. The van der Waals surface area contributed by atoms with Gasteiger partial charge < -0.3 is 5.73 Å². The zero-order valence-corrected chi connectivity index (χ0v) is 13.4. The van der Waals surface area contributed by atoms with Crippen molar-refractivity contribution < 1.29 is 13.2 Å². The van der Waals surface area contributed by atoms with Crippen LogP contribution in [0.25, 0.3) is 0 Å². The lowest BCUT2D eigenvalue weighted by Gasteiger charge is -2.41. The summed E-state index contributed by atoms with van der Waals surface area (Å²) in [5.41, 5.74) is 5.09. The van der Waals surface area contributed by atoms with E-state index < -0.39 is 15.4 Å². The van der Waals surface area contributed by atoms with Crippen LogP contribution in [0.1, 0.15) is 32.6 Å². The Bertz CT molecular complexity index is 528. The molecular weight excluding hydrogens is 290 g/mol. The Morgan fingerprint density at radius 3 is 2.48 bits per heavy atom. The van der Waals surface area contributed by atoms with Crippen LogP contribution in [0.2, 0.25) is 0 Å². The number of carbonyl (C=O) groups excluding carboxylic acids is 1. The Balaban J connectivity index is 1.76. The second-order valence-electron chi connectivity index (χ2n) is 6.96. The van der Waals surface area contributed by atoms with Crippen LogP contribution in [0.5, 0.6) is 0 Å². The van der Waals surface area contributed by atoms with E-state index in [4.69, 9.17) is 5.73 Å². The summed E-state index contributed by atoms with van der Waals surface area (Å²) in [6, 6.07) is 0.351. The zero-order chi connectivity index (χ0) is 15.3. The summed E-state index contributed by atoms with van der Waals surface area (Å²) in [6.45, 7) is 2.96. The molecule has 0 spiro atoms. The molecule has 3 rings (SSSR count). The molecule has 1 aliphatic heterocycles. The van der Waals surface area contributed by atoms with Gasteiger partial charge >= 0.3 is 0 Å². The van der Waals surface area contributed by atoms with Gasteiger partial charge in [0.25, 0.3) is 0 Å². The predicted octanol–water partition coefficient (Wildman–Crippen LogP) is -0.509. The van der Waals surface area contributed by atoms with E-state index in [0.717, 1.165) is 25.7 Å². The van der Waals surface area contributed by atoms with Gasteiger partial charge in [-0.1, -0.05) is 0 Å². The normalized spacial score (nSPS) is 32.5. The molecule has 1 heterocycles. The summed E-state index contributed by atoms with van der Waals surface area (Å²) in [4.78, 5) is 14.3. The van der Waals surface area contributed by atoms with Crippen molar-refractivity contribution in [1.82, 2.24) is 10.2 Å². The van der Waals surface area contributed by atoms with Crippen LogP contribution in [0, 0.1) is 5.92 Å². The van der Waals surface area contributed by atoms with Gasteiger partial charge in [-0.3, -0.25) is 15.0 Å². The standard InChI is InChI=1S/C14H25N3O3S/c1-10-8-21(19,20)7-6-17(10)9-14(13(15)18,11-2-3-11)16-12-4-5-12/h10-12,16H,2-9H2,1H3,(H2,15,18). The fraction of sp³-hybridized carbons (Fsp3) is 0.929. The van der Waals surface area contributed by atoms with Crippen LogP contribution in [-0.4, -0.2) is 61.4 Å². The molecule has 0 aromatic rings. The molecule has 0 aromatic carbocycles. The average molecular weight is 315 g/mol. The van der Waals surface area contributed by atoms with E-state index in [2.05, 4.69) is 10.2 Å². The number of amides is 1. The Morgan fingerprint density at radius 2 is 2.00 bits per heavy atom. The number of nitrogens with one attached hydrogen (secondary N) is 1. The van der Waals surface area contributed by atoms with Crippen LogP contribution in [0.4, 0.5) is 0 Å². The molecule has 2 unspecified atom stereocenters. The maximum absolute atomic E-state index is 12.2. The molecule has 1 amide bonds. The summed E-state index contributed by atoms with van der Waals surface area (Å²) in [7, 11) is -2.93. The van der Waals surface area contributed by atoms with Crippen LogP contribution in [0.3, 0.4) is 0 Å². The number of rotatable bonds is 6. The molecule has 2 saturated carbocycles. The molecule has 120 valence electrons. The molecule has 2 atom stereocenters. The lowest BCUT2D eigenvalue weighted by molar-refractivity contribution is -0.126. The summed E-state index contributed by atoms with van der Waals surface area (Å²) in [6.07, 6.45) is 4.27. The topological polar surface area (TPSA) is 92.5 Å². The molecule has 2 aliphatic carbocycles. The summed E-state index contributed by atoms with van der Waals surface area (Å²) in [5.74, 6) is 0.384. The molecule has 3 aliphatic rings. The van der Waals surface area contributed by atoms with Crippen LogP contribution in [-0.2, 0) is 14.6 Å². The molecule has 1 saturated heterocycles. The van der Waals surface area contributed by atoms with Gasteiger partial charge in [-0.2, -0.15) is 0 Å². The quantitative estimate of drug-likeness (QED) is 0.689. The maximum atomic E-state index is 12.2. The van der Waals surface area contributed by atoms with Gasteiger partial charge in [0.1, 0.15) is 5.54 Å². The molecule has 0 radical (unpaired) electrons. The lowest BCUT2D eigenvalue weighted by Crippen LogP contribution is -2.66. The molecular formula is C14H25N3O3S. The van der Waals surface area contributed by atoms with E-state index in [9.17, 15) is 13.2 Å². The minimum atomic E-state index is -2.93. The number of nitrogens with two attached hydrogens (primary N) is 1. The minimum absolute atomic E-state index is 0.0535. The number of hydrogen-bond acceptors (Lipinski definition) is 5. The predicted molar refractivity (Wildman–Crippen MR) is 80.5 cm³/mol. The highest BCUT2D eigenvalue weighted by Crippen LogP contribution is 2.42. The third-order valence-corrected chi connectivity index (χ3v) is 6.81. The first kappa shape index (κ1) is 15.2. The Kier molecular flexibility index (Phi) is 3.78. The van der Waals surface area contributed by atoms with Crippen molar-refractivity contribution in [3.63, 3.8) is 0 Å². The molecule has 6 nitrogen and oxygen atoms in total. The van der Waals surface area contributed by atoms with Gasteiger partial charge in [-0.25, -0.2) is 8.42 Å². The lowest BCUT2D eigenvalue weighted by atomic mass is 9.90. The van der Waals surface area contributed by atoms with Crippen molar-refractivity contribution in [3.8, 4) is 0 Å². The fourth-order valence-electron chi connectivity index (χ4n) is 3.40. The summed E-state index contributed by atoms with van der Waals surface area (Å²) >= 11 is 0. The van der Waals surface area contributed by atoms with Crippen molar-refractivity contribution in [2.45, 2.75) is 50.2 Å². The Hall–Kier alpha value is -0.660. The molecule has 3 N–H and O–H groups in total. The van der Waals surface area contributed by atoms with Gasteiger partial charge in [0.05, 0.1) is 11.5 Å². The average Bonchev–Trinajstić information content (AvgIpc) is 3.24. The number of hydrogen-bond donors (Lipinski definition) is 2. The summed E-state index contributed by atoms with van der Waals surface area (Å²) in [5, 5.41) is 3.49. The molecule has 3 fully saturated rings. The van der Waals surface area contributed by atoms with Gasteiger partial charge in [-0.15, -0.1) is 0 Å². The van der Waals surface area contributed by atoms with Crippen molar-refractivity contribution in [2.75, 3.05) is 24.6 Å². The number of nitrogens with zero attached hydrogens (tertiary/aromatic N) is 1. The van der Waals surface area contributed by atoms with Crippen LogP contribution >= 0.6 is 0 Å². The highest BCUT2D eigenvalue weighted by atomic mass is 32.2. The van der Waals surface area contributed by atoms with Crippen LogP contribution < -0.4 is 11.1 Å². The highest BCUT2D eigenvalue weighted by molar-refractivity contribution is 7.91. The largest absolute Gasteiger partial charge is 0.368 e. The molecule has 0 bridgehead atoms. The molecule has 7 heteroatoms. The van der Waals surface area contributed by atoms with Crippen molar-refractivity contribution in [2.24, 2.45) is 11.7 Å². The first-order valence-corrected chi connectivity index (χ1v) is 9.66. The SMILES string of the molecule is CC1CS(=O)(=O)CCN1CC(NC1CC1)(C(N)=O)C1CC1. The van der Waals surface area contributed by atoms with Crippen LogP contribution in [0.15, 0.2) is 0 Å². The number of carbonyl (C=O) groups is 1. The van der Waals surface area contributed by atoms with Gasteiger partial charge in [0, 0.05) is 25.2 Å². The van der Waals surface area contributed by atoms with E-state index in [1.807, 2.05) is 6.92 Å². The van der Waals surface area contributed by atoms with Gasteiger partial charge in [-0.05, 0) is 38.5 Å². The van der Waals surface area contributed by atoms with E-state index in [1.54, 1.807) is 0 Å². The zero-order valence-electron chi connectivity index (χ0n) is 12.5. The first-order chi connectivity index (χ1) is 9.82. The van der Waals surface area contributed by atoms with Gasteiger partial charge in [0.15, 0.2) is 9.84 Å². The Morgan fingerprint density at radius 1 is 1.33 bits per heavy atom. The van der Waals surface area contributed by atoms with E-state index >= 15 is 0 Å². The minimum Gasteiger partial charge on any atom is -0.368 e. The Labute approximate surface area is 126 Å². The van der Waals surface area contributed by atoms with Crippen molar-refractivity contribution >= 4 is 15.7 Å². The second kappa shape index (κ2) is 5.21. The number of sulfone groups is 1. The smallest absolute Gasteiger partial charge is 0.239 e. The van der Waals surface area contributed by atoms with Crippen molar-refractivity contribution in [3.05, 3.63) is 0 Å².